The molecule has 0 aliphatic carbocycles. The minimum absolute atomic E-state index is 0.0167. The number of carbonyl (C=O) groups is 1. The number of hydrogen-bond acceptors (Lipinski definition) is 4. The van der Waals surface area contributed by atoms with Crippen LogP contribution in [0, 0.1) is 5.92 Å². The Hall–Kier alpha value is -1.39. The highest BCUT2D eigenvalue weighted by Crippen LogP contribution is 2.44. The normalized spacial score (nSPS) is 40.8. The lowest BCUT2D eigenvalue weighted by Gasteiger charge is -2.54. The van der Waals surface area contributed by atoms with Crippen LogP contribution in [0.4, 0.5) is 0 Å². The molecule has 0 aromatic heterocycles. The Balaban J connectivity index is 1.81. The lowest BCUT2D eigenvalue weighted by Crippen LogP contribution is -2.67. The maximum atomic E-state index is 11.6. The second-order valence-electron chi connectivity index (χ2n) is 6.78. The van der Waals surface area contributed by atoms with Gasteiger partial charge < -0.3 is 14.5 Å². The number of rotatable bonds is 2. The van der Waals surface area contributed by atoms with E-state index in [1.54, 1.807) is 0 Å². The van der Waals surface area contributed by atoms with Crippen LogP contribution >= 0.6 is 0 Å². The van der Waals surface area contributed by atoms with Crippen LogP contribution in [-0.2, 0) is 14.9 Å². The summed E-state index contributed by atoms with van der Waals surface area (Å²) in [6.07, 6.45) is 0.0167. The van der Waals surface area contributed by atoms with E-state index in [1.807, 2.05) is 0 Å². The number of benzene rings is 1. The average Bonchev–Trinajstić information content (AvgIpc) is 2.72. The van der Waals surface area contributed by atoms with Crippen molar-refractivity contribution in [3.63, 3.8) is 0 Å². The Morgan fingerprint density at radius 1 is 1.14 bits per heavy atom. The zero-order valence-corrected chi connectivity index (χ0v) is 12.5. The quantitative estimate of drug-likeness (QED) is 0.763. The molecular weight excluding hydrogens is 264 g/mol. The third kappa shape index (κ3) is 2.09. The van der Waals surface area contributed by atoms with E-state index in [0.717, 1.165) is 39.3 Å². The fourth-order valence-electron chi connectivity index (χ4n) is 4.65. The van der Waals surface area contributed by atoms with Crippen molar-refractivity contribution in [2.45, 2.75) is 18.4 Å². The zero-order chi connectivity index (χ0) is 14.4. The molecule has 5 rings (SSSR count). The van der Waals surface area contributed by atoms with Crippen molar-refractivity contribution in [3.8, 4) is 0 Å². The molecule has 4 saturated heterocycles. The highest BCUT2D eigenvalue weighted by molar-refractivity contribution is 5.66. The van der Waals surface area contributed by atoms with Gasteiger partial charge in [-0.1, -0.05) is 30.3 Å². The minimum Gasteiger partial charge on any atom is -0.461 e. The molecule has 4 nitrogen and oxygen atoms in total. The standard InChI is InChI=1S/C17H22N2O2/c1-13(20)21-16-14-9-18-7-8-19(10-14)12-17(16,11-18)15-5-3-2-4-6-15/h2-6,14,16H,7-12H2,1H3. The number of ether oxygens (including phenoxy) is 1. The summed E-state index contributed by atoms with van der Waals surface area (Å²) < 4.78 is 5.85. The van der Waals surface area contributed by atoms with Crippen molar-refractivity contribution in [2.24, 2.45) is 5.92 Å². The minimum atomic E-state index is -0.147. The van der Waals surface area contributed by atoms with Gasteiger partial charge in [0.1, 0.15) is 6.10 Å². The first-order chi connectivity index (χ1) is 10.2. The van der Waals surface area contributed by atoms with Crippen molar-refractivity contribution < 1.29 is 9.53 Å². The van der Waals surface area contributed by atoms with Crippen LogP contribution in [0.1, 0.15) is 12.5 Å². The summed E-state index contributed by atoms with van der Waals surface area (Å²) in [6, 6.07) is 10.6. The van der Waals surface area contributed by atoms with Crippen LogP contribution in [-0.4, -0.2) is 61.1 Å². The van der Waals surface area contributed by atoms with Crippen LogP contribution in [0.3, 0.4) is 0 Å². The molecule has 0 spiro atoms. The number of esters is 1. The Morgan fingerprint density at radius 3 is 2.33 bits per heavy atom. The first-order valence-electron chi connectivity index (χ1n) is 7.85. The lowest BCUT2D eigenvalue weighted by molar-refractivity contribution is -0.165. The summed E-state index contributed by atoms with van der Waals surface area (Å²) in [4.78, 5) is 16.8. The molecule has 3 atom stereocenters. The Kier molecular flexibility index (Phi) is 3.05. The SMILES string of the molecule is CC(=O)OC1C2CN3CCN(C2)CC1(c1ccccc1)C3. The molecule has 4 fully saturated rings. The lowest BCUT2D eigenvalue weighted by atomic mass is 9.66. The van der Waals surface area contributed by atoms with Gasteiger partial charge in [0.05, 0.1) is 5.41 Å². The van der Waals surface area contributed by atoms with Gasteiger partial charge in [-0.15, -0.1) is 0 Å². The topological polar surface area (TPSA) is 32.8 Å². The van der Waals surface area contributed by atoms with Gasteiger partial charge in [0.15, 0.2) is 0 Å². The molecule has 0 N–H and O–H groups in total. The number of piperidine rings is 2. The van der Waals surface area contributed by atoms with Gasteiger partial charge in [-0.05, 0) is 5.56 Å². The molecule has 0 radical (unpaired) electrons. The molecule has 3 unspecified atom stereocenters. The van der Waals surface area contributed by atoms with Crippen molar-refractivity contribution in [1.29, 1.82) is 0 Å². The number of nitrogens with zero attached hydrogens (tertiary/aromatic N) is 2. The van der Waals surface area contributed by atoms with Crippen LogP contribution in [0.2, 0.25) is 0 Å². The van der Waals surface area contributed by atoms with E-state index < -0.39 is 0 Å². The van der Waals surface area contributed by atoms with Crippen molar-refractivity contribution in [2.75, 3.05) is 39.3 Å². The predicted octanol–water partition coefficient (Wildman–Crippen LogP) is 1.12. The molecule has 4 aliphatic rings. The third-order valence-electron chi connectivity index (χ3n) is 5.34. The maximum Gasteiger partial charge on any atom is 0.302 e. The molecule has 4 heterocycles. The van der Waals surface area contributed by atoms with Gasteiger partial charge in [-0.2, -0.15) is 0 Å². The second kappa shape index (κ2) is 4.82. The van der Waals surface area contributed by atoms with Gasteiger partial charge in [0.25, 0.3) is 0 Å². The van der Waals surface area contributed by atoms with Gasteiger partial charge in [-0.25, -0.2) is 0 Å². The van der Waals surface area contributed by atoms with E-state index >= 15 is 0 Å². The molecule has 0 amide bonds. The van der Waals surface area contributed by atoms with Gasteiger partial charge in [0.2, 0.25) is 0 Å². The number of fused-ring (bicyclic) bond motifs is 1. The summed E-state index contributed by atoms with van der Waals surface area (Å²) in [5, 5.41) is 0. The maximum absolute atomic E-state index is 11.6. The van der Waals surface area contributed by atoms with Gasteiger partial charge in [0, 0.05) is 52.1 Å². The van der Waals surface area contributed by atoms with Gasteiger partial charge in [-0.3, -0.25) is 4.79 Å². The molecule has 4 bridgehead atoms. The molecule has 4 heteroatoms. The summed E-state index contributed by atoms with van der Waals surface area (Å²) >= 11 is 0. The van der Waals surface area contributed by atoms with E-state index in [0.29, 0.717) is 5.92 Å². The van der Waals surface area contributed by atoms with Crippen molar-refractivity contribution in [1.82, 2.24) is 9.80 Å². The zero-order valence-electron chi connectivity index (χ0n) is 12.5. The molecular formula is C17H22N2O2. The summed E-state index contributed by atoms with van der Waals surface area (Å²) in [7, 11) is 0. The smallest absolute Gasteiger partial charge is 0.302 e. The van der Waals surface area contributed by atoms with E-state index in [1.165, 1.54) is 12.5 Å². The van der Waals surface area contributed by atoms with Crippen LogP contribution in [0.15, 0.2) is 30.3 Å². The van der Waals surface area contributed by atoms with E-state index in [2.05, 4.69) is 40.1 Å². The van der Waals surface area contributed by atoms with E-state index in [4.69, 9.17) is 4.74 Å². The Bertz CT molecular complexity index is 529. The molecule has 21 heavy (non-hydrogen) atoms. The molecule has 0 saturated carbocycles. The fraction of sp³-hybridized carbons (Fsp3) is 0.588. The first kappa shape index (κ1) is 13.3. The highest BCUT2D eigenvalue weighted by atomic mass is 16.5. The van der Waals surface area contributed by atoms with Crippen LogP contribution in [0.5, 0.6) is 0 Å². The second-order valence-corrected chi connectivity index (χ2v) is 6.78. The molecule has 112 valence electrons. The largest absolute Gasteiger partial charge is 0.461 e. The van der Waals surface area contributed by atoms with Gasteiger partial charge >= 0.3 is 5.97 Å². The van der Waals surface area contributed by atoms with Crippen molar-refractivity contribution in [3.05, 3.63) is 35.9 Å². The van der Waals surface area contributed by atoms with Crippen LogP contribution < -0.4 is 0 Å². The highest BCUT2D eigenvalue weighted by Gasteiger charge is 2.56. The third-order valence-corrected chi connectivity index (χ3v) is 5.34. The Labute approximate surface area is 125 Å². The average molecular weight is 286 g/mol. The molecule has 1 aromatic carbocycles. The first-order valence-corrected chi connectivity index (χ1v) is 7.85. The van der Waals surface area contributed by atoms with Crippen LogP contribution in [0.25, 0.3) is 0 Å². The van der Waals surface area contributed by atoms with E-state index in [-0.39, 0.29) is 17.5 Å². The summed E-state index contributed by atoms with van der Waals surface area (Å²) in [6.45, 7) is 7.93. The monoisotopic (exact) mass is 286 g/mol. The number of carbonyl (C=O) groups excluding carboxylic acids is 1. The summed E-state index contributed by atoms with van der Waals surface area (Å²) in [5.41, 5.74) is 1.25. The fourth-order valence-corrected chi connectivity index (χ4v) is 4.65. The van der Waals surface area contributed by atoms with Crippen molar-refractivity contribution >= 4 is 5.97 Å². The Morgan fingerprint density at radius 2 is 1.76 bits per heavy atom. The summed E-state index contributed by atoms with van der Waals surface area (Å²) in [5.74, 6) is 0.283. The molecule has 1 aromatic rings. The predicted molar refractivity (Wildman–Crippen MR) is 80.0 cm³/mol. The molecule has 4 aliphatic heterocycles. The number of hydrogen-bond donors (Lipinski definition) is 0. The van der Waals surface area contributed by atoms with E-state index in [9.17, 15) is 4.79 Å².